The van der Waals surface area contributed by atoms with Crippen molar-refractivity contribution in [2.24, 2.45) is 5.41 Å². The highest BCUT2D eigenvalue weighted by molar-refractivity contribution is 6.32. The molecule has 1 aliphatic carbocycles. The summed E-state index contributed by atoms with van der Waals surface area (Å²) in [7, 11) is 0. The normalized spacial score (nSPS) is 19.6. The Morgan fingerprint density at radius 1 is 1.27 bits per heavy atom. The number of nitro benzene ring substituents is 1. The van der Waals surface area contributed by atoms with Crippen molar-refractivity contribution in [1.29, 1.82) is 0 Å². The first-order valence-corrected chi connectivity index (χ1v) is 10.9. The Morgan fingerprint density at radius 2 is 2.03 bits per heavy atom. The van der Waals surface area contributed by atoms with E-state index in [4.69, 9.17) is 11.6 Å². The Labute approximate surface area is 195 Å². The molecule has 0 saturated heterocycles. The molecule has 1 atom stereocenters. The predicted molar refractivity (Wildman–Crippen MR) is 125 cm³/mol. The van der Waals surface area contributed by atoms with Crippen LogP contribution in [0.2, 0.25) is 5.02 Å². The number of carbonyl (C=O) groups is 2. The Balaban J connectivity index is 1.87. The molecule has 0 unspecified atom stereocenters. The summed E-state index contributed by atoms with van der Waals surface area (Å²) in [6, 6.07) is 9.54. The van der Waals surface area contributed by atoms with Crippen molar-refractivity contribution >= 4 is 34.8 Å². The summed E-state index contributed by atoms with van der Waals surface area (Å²) in [5.74, 6) is -0.943. The number of dihydropyridines is 1. The lowest BCUT2D eigenvalue weighted by molar-refractivity contribution is -0.384. The third kappa shape index (κ3) is 4.39. The second-order valence-corrected chi connectivity index (χ2v) is 9.47. The molecule has 0 radical (unpaired) electrons. The van der Waals surface area contributed by atoms with Gasteiger partial charge in [-0.05, 0) is 42.5 Å². The van der Waals surface area contributed by atoms with E-state index in [0.717, 1.165) is 5.70 Å². The fourth-order valence-electron chi connectivity index (χ4n) is 4.54. The summed E-state index contributed by atoms with van der Waals surface area (Å²) < 4.78 is 0. The lowest BCUT2D eigenvalue weighted by Crippen LogP contribution is -2.39. The molecule has 1 aromatic carbocycles. The van der Waals surface area contributed by atoms with Gasteiger partial charge in [0.2, 0.25) is 0 Å². The average molecular weight is 467 g/mol. The van der Waals surface area contributed by atoms with E-state index >= 15 is 0 Å². The van der Waals surface area contributed by atoms with Crippen molar-refractivity contribution in [3.8, 4) is 0 Å². The molecule has 2 N–H and O–H groups in total. The fraction of sp³-hybridized carbons (Fsp3) is 0.292. The Kier molecular flexibility index (Phi) is 5.80. The number of allylic oxidation sites excluding steroid dienone is 3. The number of carbonyl (C=O) groups excluding carboxylic acids is 2. The molecule has 0 fully saturated rings. The van der Waals surface area contributed by atoms with Crippen LogP contribution in [0.5, 0.6) is 0 Å². The Hall–Kier alpha value is -3.52. The zero-order chi connectivity index (χ0) is 23.9. The van der Waals surface area contributed by atoms with E-state index in [1.807, 2.05) is 13.8 Å². The van der Waals surface area contributed by atoms with Crippen LogP contribution in [-0.2, 0) is 9.59 Å². The number of pyridine rings is 1. The molecular formula is C24H23ClN4O4. The van der Waals surface area contributed by atoms with Crippen molar-refractivity contribution in [3.63, 3.8) is 0 Å². The molecule has 9 heteroatoms. The van der Waals surface area contributed by atoms with Crippen LogP contribution in [-0.4, -0.2) is 21.6 Å². The van der Waals surface area contributed by atoms with Crippen LogP contribution >= 0.6 is 11.6 Å². The van der Waals surface area contributed by atoms with Gasteiger partial charge in [0.05, 0.1) is 4.92 Å². The molecule has 2 heterocycles. The highest BCUT2D eigenvalue weighted by atomic mass is 35.5. The number of rotatable bonds is 4. The summed E-state index contributed by atoms with van der Waals surface area (Å²) in [5.41, 5.74) is 2.03. The minimum Gasteiger partial charge on any atom is -0.362 e. The third-order valence-corrected chi connectivity index (χ3v) is 6.21. The topological polar surface area (TPSA) is 114 Å². The zero-order valence-electron chi connectivity index (χ0n) is 18.4. The quantitative estimate of drug-likeness (QED) is 0.490. The number of ketones is 1. The van der Waals surface area contributed by atoms with Crippen molar-refractivity contribution in [3.05, 3.63) is 85.8 Å². The maximum Gasteiger partial charge on any atom is 0.288 e. The number of nitrogens with zero attached hydrogens (tertiary/aromatic N) is 2. The number of benzene rings is 1. The zero-order valence-corrected chi connectivity index (χ0v) is 19.2. The number of aromatic nitrogens is 1. The first-order valence-electron chi connectivity index (χ1n) is 10.5. The molecule has 0 bridgehead atoms. The summed E-state index contributed by atoms with van der Waals surface area (Å²) in [5, 5.41) is 17.6. The summed E-state index contributed by atoms with van der Waals surface area (Å²) in [4.78, 5) is 41.8. The summed E-state index contributed by atoms with van der Waals surface area (Å²) in [6.07, 6.45) is 2.49. The van der Waals surface area contributed by atoms with E-state index in [1.165, 1.54) is 12.1 Å². The second-order valence-electron chi connectivity index (χ2n) is 9.07. The van der Waals surface area contributed by atoms with Crippen LogP contribution in [0.3, 0.4) is 0 Å². The number of anilines is 1. The highest BCUT2D eigenvalue weighted by Gasteiger charge is 2.43. The first kappa shape index (κ1) is 22.7. The van der Waals surface area contributed by atoms with Crippen LogP contribution in [0.4, 0.5) is 11.5 Å². The van der Waals surface area contributed by atoms with Gasteiger partial charge in [0, 0.05) is 47.1 Å². The van der Waals surface area contributed by atoms with Crippen molar-refractivity contribution in [2.45, 2.75) is 39.5 Å². The van der Waals surface area contributed by atoms with Gasteiger partial charge in [0.25, 0.3) is 11.6 Å². The summed E-state index contributed by atoms with van der Waals surface area (Å²) >= 11 is 6.04. The maximum absolute atomic E-state index is 13.4. The molecule has 0 spiro atoms. The molecule has 8 nitrogen and oxygen atoms in total. The third-order valence-electron chi connectivity index (χ3n) is 5.89. The average Bonchev–Trinajstić information content (AvgIpc) is 2.72. The van der Waals surface area contributed by atoms with Crippen LogP contribution in [0.15, 0.2) is 65.1 Å². The van der Waals surface area contributed by atoms with Gasteiger partial charge in [-0.15, -0.1) is 0 Å². The first-order chi connectivity index (χ1) is 15.6. The van der Waals surface area contributed by atoms with Crippen LogP contribution in [0, 0.1) is 15.5 Å². The van der Waals surface area contributed by atoms with E-state index < -0.39 is 16.7 Å². The van der Waals surface area contributed by atoms with Crippen LogP contribution in [0.25, 0.3) is 0 Å². The van der Waals surface area contributed by atoms with Crippen LogP contribution in [0.1, 0.15) is 45.1 Å². The molecule has 0 saturated carbocycles. The fourth-order valence-corrected chi connectivity index (χ4v) is 4.73. The predicted octanol–water partition coefficient (Wildman–Crippen LogP) is 4.89. The van der Waals surface area contributed by atoms with E-state index in [9.17, 15) is 19.7 Å². The number of hydrogen-bond acceptors (Lipinski definition) is 6. The minimum absolute atomic E-state index is 0.0109. The maximum atomic E-state index is 13.4. The van der Waals surface area contributed by atoms with Gasteiger partial charge in [-0.25, -0.2) is 4.98 Å². The van der Waals surface area contributed by atoms with E-state index in [-0.39, 0.29) is 21.9 Å². The van der Waals surface area contributed by atoms with Gasteiger partial charge in [-0.2, -0.15) is 0 Å². The van der Waals surface area contributed by atoms with Gasteiger partial charge in [0.15, 0.2) is 5.78 Å². The van der Waals surface area contributed by atoms with Crippen molar-refractivity contribution in [2.75, 3.05) is 5.32 Å². The minimum atomic E-state index is -0.774. The smallest absolute Gasteiger partial charge is 0.288 e. The molecule has 2 aliphatic rings. The van der Waals surface area contributed by atoms with Gasteiger partial charge in [-0.1, -0.05) is 37.6 Å². The molecule has 2 aromatic rings. The Bertz CT molecular complexity index is 1230. The van der Waals surface area contributed by atoms with Crippen molar-refractivity contribution in [1.82, 2.24) is 10.3 Å². The Morgan fingerprint density at radius 3 is 2.70 bits per heavy atom. The molecule has 1 aromatic heterocycles. The molecule has 4 rings (SSSR count). The number of amides is 1. The van der Waals surface area contributed by atoms with E-state index in [0.29, 0.717) is 41.1 Å². The molecule has 1 amide bonds. The largest absolute Gasteiger partial charge is 0.362 e. The molecular weight excluding hydrogens is 444 g/mol. The summed E-state index contributed by atoms with van der Waals surface area (Å²) in [6.45, 7) is 5.79. The lowest BCUT2D eigenvalue weighted by atomic mass is 9.68. The highest BCUT2D eigenvalue weighted by Crippen LogP contribution is 2.47. The number of Topliss-reactive ketones (excluding diaryl/α,β-unsaturated/α-hetero) is 1. The van der Waals surface area contributed by atoms with Crippen LogP contribution < -0.4 is 10.6 Å². The monoisotopic (exact) mass is 466 g/mol. The molecule has 170 valence electrons. The SMILES string of the molecule is CC1=C(C(=O)Nc2ccccn2)[C@H](c2ccc(Cl)c([N+](=O)[O-])c2)C2=C(CC(C)(C)CC2=O)N1. The number of halogens is 1. The van der Waals surface area contributed by atoms with Gasteiger partial charge >= 0.3 is 0 Å². The molecule has 33 heavy (non-hydrogen) atoms. The number of nitrogens with one attached hydrogen (secondary N) is 2. The standard InChI is InChI=1S/C24H23ClN4O4/c1-13-20(23(31)28-19-6-4-5-9-26-19)21(14-7-8-15(25)17(10-14)29(32)33)22-16(27-13)11-24(2,3)12-18(22)30/h4-10,21,27H,11-12H2,1-3H3,(H,26,28,31)/t21-/m0/s1. The van der Waals surface area contributed by atoms with Gasteiger partial charge in [-0.3, -0.25) is 19.7 Å². The van der Waals surface area contributed by atoms with Crippen molar-refractivity contribution < 1.29 is 14.5 Å². The number of nitro groups is 1. The lowest BCUT2D eigenvalue weighted by Gasteiger charge is -2.39. The van der Waals surface area contributed by atoms with E-state index in [1.54, 1.807) is 37.4 Å². The number of hydrogen-bond donors (Lipinski definition) is 2. The molecule has 1 aliphatic heterocycles. The van der Waals surface area contributed by atoms with Gasteiger partial charge < -0.3 is 10.6 Å². The van der Waals surface area contributed by atoms with Gasteiger partial charge in [0.1, 0.15) is 10.8 Å². The second kappa shape index (κ2) is 8.44. The van der Waals surface area contributed by atoms with E-state index in [2.05, 4.69) is 15.6 Å².